The number of amides is 2. The van der Waals surface area contributed by atoms with E-state index in [0.29, 0.717) is 13.1 Å². The van der Waals surface area contributed by atoms with Crippen molar-refractivity contribution >= 4 is 29.2 Å². The topological polar surface area (TPSA) is 122 Å². The predicted molar refractivity (Wildman–Crippen MR) is 119 cm³/mol. The molecule has 2 fully saturated rings. The van der Waals surface area contributed by atoms with E-state index in [2.05, 4.69) is 17.0 Å². The summed E-state index contributed by atoms with van der Waals surface area (Å²) in [6.07, 6.45) is -4.43. The second-order valence-corrected chi connectivity index (χ2v) is 7.45. The van der Waals surface area contributed by atoms with Gasteiger partial charge in [-0.2, -0.15) is 0 Å². The number of aliphatic hydroxyl groups excluding tert-OH is 4. The Hall–Kier alpha value is -1.49. The summed E-state index contributed by atoms with van der Waals surface area (Å²) in [6.45, 7) is 2.01. The van der Waals surface area contributed by atoms with Gasteiger partial charge in [-0.05, 0) is 11.1 Å². The number of hydrogen-bond acceptors (Lipinski definition) is 7. The SMILES string of the molecule is O=C1[C@H](O)[C@@H](O)C(=O)N1Cc1ccccc1.O[C@H]1CN(Cc2ccccc2)C[C@@H]1O.[AlH3].[H-].[Li+]. The van der Waals surface area contributed by atoms with Gasteiger partial charge in [0.15, 0.2) is 29.6 Å². The number of carbonyl (C=O) groups excluding carboxylic acids is 2. The number of benzene rings is 2. The molecule has 0 radical (unpaired) electrons. The Bertz CT molecular complexity index is 836. The molecule has 0 aliphatic carbocycles. The third-order valence-corrected chi connectivity index (χ3v) is 5.10. The van der Waals surface area contributed by atoms with Crippen LogP contribution in [-0.4, -0.2) is 96.9 Å². The van der Waals surface area contributed by atoms with Crippen molar-refractivity contribution in [1.82, 2.24) is 9.80 Å². The van der Waals surface area contributed by atoms with Crippen molar-refractivity contribution in [3.63, 3.8) is 0 Å². The van der Waals surface area contributed by atoms with Crippen LogP contribution in [0.15, 0.2) is 60.7 Å². The molecule has 4 atom stereocenters. The van der Waals surface area contributed by atoms with Gasteiger partial charge < -0.3 is 21.9 Å². The van der Waals surface area contributed by atoms with Gasteiger partial charge in [-0.1, -0.05) is 60.7 Å². The van der Waals surface area contributed by atoms with Crippen LogP contribution in [0, 0.1) is 0 Å². The van der Waals surface area contributed by atoms with Crippen molar-refractivity contribution in [3.05, 3.63) is 71.8 Å². The quantitative estimate of drug-likeness (QED) is 0.272. The second-order valence-electron chi connectivity index (χ2n) is 7.45. The van der Waals surface area contributed by atoms with Crippen LogP contribution in [0.4, 0.5) is 0 Å². The molecule has 2 aliphatic rings. The van der Waals surface area contributed by atoms with Gasteiger partial charge in [-0.15, -0.1) is 0 Å². The van der Waals surface area contributed by atoms with Crippen molar-refractivity contribution < 1.29 is 50.3 Å². The van der Waals surface area contributed by atoms with Gasteiger partial charge >= 0.3 is 18.9 Å². The van der Waals surface area contributed by atoms with Gasteiger partial charge in [-0.25, -0.2) is 0 Å². The maximum atomic E-state index is 11.4. The van der Waals surface area contributed by atoms with E-state index in [1.54, 1.807) is 24.3 Å². The zero-order valence-corrected chi connectivity index (χ0v) is 17.4. The fourth-order valence-electron chi connectivity index (χ4n) is 3.44. The zero-order chi connectivity index (χ0) is 21.7. The van der Waals surface area contributed by atoms with E-state index in [9.17, 15) is 30.0 Å². The Morgan fingerprint density at radius 1 is 0.719 bits per heavy atom. The van der Waals surface area contributed by atoms with Crippen LogP contribution in [0.2, 0.25) is 0 Å². The van der Waals surface area contributed by atoms with Gasteiger partial charge in [0.1, 0.15) is 0 Å². The minimum Gasteiger partial charge on any atom is -1.00 e. The molecule has 0 spiro atoms. The normalized spacial score (nSPS) is 24.9. The molecule has 4 N–H and O–H groups in total. The maximum absolute atomic E-state index is 11.4. The number of hydrogen-bond donors (Lipinski definition) is 4. The molecule has 4 rings (SSSR count). The molecule has 2 saturated heterocycles. The molecule has 0 bridgehead atoms. The number of rotatable bonds is 4. The molecule has 2 aromatic carbocycles. The molecular formula is C22H30AlLiN2O6. The summed E-state index contributed by atoms with van der Waals surface area (Å²) in [7, 11) is 0. The zero-order valence-electron chi connectivity index (χ0n) is 18.4. The average Bonchev–Trinajstić information content (AvgIpc) is 3.16. The number of likely N-dealkylation sites (tertiary alicyclic amines) is 2. The van der Waals surface area contributed by atoms with Crippen molar-refractivity contribution in [2.24, 2.45) is 0 Å². The summed E-state index contributed by atoms with van der Waals surface area (Å²) >= 11 is 0. The molecule has 10 heteroatoms. The van der Waals surface area contributed by atoms with Crippen molar-refractivity contribution in [3.8, 4) is 0 Å². The van der Waals surface area contributed by atoms with E-state index in [4.69, 9.17) is 0 Å². The second kappa shape index (κ2) is 13.3. The Kier molecular flexibility index (Phi) is 11.8. The molecule has 8 nitrogen and oxygen atoms in total. The van der Waals surface area contributed by atoms with Crippen LogP contribution in [0.5, 0.6) is 0 Å². The van der Waals surface area contributed by atoms with Gasteiger partial charge in [0.25, 0.3) is 11.8 Å². The number of nitrogens with zero attached hydrogens (tertiary/aromatic N) is 2. The fourth-order valence-corrected chi connectivity index (χ4v) is 3.44. The minimum absolute atomic E-state index is 0. The Balaban J connectivity index is 0.000000573. The Labute approximate surface area is 211 Å². The van der Waals surface area contributed by atoms with E-state index >= 15 is 0 Å². The molecule has 2 aliphatic heterocycles. The summed E-state index contributed by atoms with van der Waals surface area (Å²) in [5.74, 6) is -1.50. The van der Waals surface area contributed by atoms with Gasteiger partial charge in [-0.3, -0.25) is 19.4 Å². The molecule has 0 saturated carbocycles. The van der Waals surface area contributed by atoms with Gasteiger partial charge in [0.05, 0.1) is 18.8 Å². The first-order valence-corrected chi connectivity index (χ1v) is 9.74. The fraction of sp³-hybridized carbons (Fsp3) is 0.364. The smallest absolute Gasteiger partial charge is 1.00 e. The van der Waals surface area contributed by atoms with E-state index in [0.717, 1.165) is 17.0 Å². The minimum atomic E-state index is -1.63. The van der Waals surface area contributed by atoms with Gasteiger partial charge in [0.2, 0.25) is 0 Å². The van der Waals surface area contributed by atoms with E-state index in [-0.39, 0.29) is 44.2 Å². The summed E-state index contributed by atoms with van der Waals surface area (Å²) in [5, 5.41) is 37.2. The Morgan fingerprint density at radius 3 is 1.50 bits per heavy atom. The van der Waals surface area contributed by atoms with Crippen LogP contribution >= 0.6 is 0 Å². The molecule has 2 amide bonds. The largest absolute Gasteiger partial charge is 1.00 e. The molecule has 0 aromatic heterocycles. The Morgan fingerprint density at radius 2 is 1.09 bits per heavy atom. The predicted octanol–water partition coefficient (Wildman–Crippen LogP) is -4.57. The average molecular weight is 452 g/mol. The van der Waals surface area contributed by atoms with Crippen molar-refractivity contribution in [2.45, 2.75) is 37.5 Å². The molecule has 32 heavy (non-hydrogen) atoms. The molecule has 0 unspecified atom stereocenters. The summed E-state index contributed by atoms with van der Waals surface area (Å²) in [6, 6.07) is 19.0. The van der Waals surface area contributed by atoms with Crippen LogP contribution < -0.4 is 18.9 Å². The van der Waals surface area contributed by atoms with Crippen LogP contribution in [0.3, 0.4) is 0 Å². The molecule has 2 aromatic rings. The van der Waals surface area contributed by atoms with Gasteiger partial charge in [0, 0.05) is 19.6 Å². The first-order valence-electron chi connectivity index (χ1n) is 9.74. The van der Waals surface area contributed by atoms with Crippen molar-refractivity contribution in [2.75, 3.05) is 13.1 Å². The van der Waals surface area contributed by atoms with E-state index < -0.39 is 36.2 Å². The first kappa shape index (κ1) is 28.5. The third kappa shape index (κ3) is 7.26. The first-order chi connectivity index (χ1) is 14.4. The maximum Gasteiger partial charge on any atom is 1.00 e. The number of imide groups is 1. The van der Waals surface area contributed by atoms with E-state index in [1.165, 1.54) is 5.56 Å². The standard InChI is InChI=1S/C11H11NO4.C11H15NO2.Al.Li.4H/c13-8-9(14)11(16)12(10(8)15)6-7-4-2-1-3-5-7;13-10-7-12(8-11(10)14)6-9-4-2-1-3-5-9;;;;;;/h1-5,8-9,13-14H,6H2;1-5,10-11,13-14H,6-8H2;;;;;;/q;;;+1;;;;-1/t8-,9-;10-,11-;;;;;;/m10....../s1. The van der Waals surface area contributed by atoms with Crippen LogP contribution in [0.1, 0.15) is 12.6 Å². The van der Waals surface area contributed by atoms with Crippen molar-refractivity contribution in [1.29, 1.82) is 0 Å². The number of carbonyl (C=O) groups is 2. The number of aliphatic hydroxyl groups is 4. The van der Waals surface area contributed by atoms with E-state index in [1.807, 2.05) is 24.3 Å². The summed E-state index contributed by atoms with van der Waals surface area (Å²) < 4.78 is 0. The van der Waals surface area contributed by atoms with Crippen LogP contribution in [-0.2, 0) is 22.7 Å². The van der Waals surface area contributed by atoms with Crippen LogP contribution in [0.25, 0.3) is 0 Å². The summed E-state index contributed by atoms with van der Waals surface area (Å²) in [5.41, 5.74) is 1.99. The summed E-state index contributed by atoms with van der Waals surface area (Å²) in [4.78, 5) is 25.8. The molecular weight excluding hydrogens is 422 g/mol. The monoisotopic (exact) mass is 452 g/mol. The molecule has 168 valence electrons. The molecule has 2 heterocycles. The number of β-amino-alcohol motifs (C(OH)–C–C–N with tert-alkyl or cyclic N) is 2. The third-order valence-electron chi connectivity index (χ3n) is 5.10.